The van der Waals surface area contributed by atoms with E-state index in [9.17, 15) is 4.79 Å². The third kappa shape index (κ3) is 3.94. The summed E-state index contributed by atoms with van der Waals surface area (Å²) in [7, 11) is 1.86. The SMILES string of the molecule is C=CCCCN(C)c1nc(C(=O)OCC)co1. The highest BCUT2D eigenvalue weighted by Crippen LogP contribution is 2.13. The molecule has 0 atom stereocenters. The monoisotopic (exact) mass is 238 g/mol. The molecule has 0 unspecified atom stereocenters. The molecule has 0 N–H and O–H groups in total. The number of hydrogen-bond donors (Lipinski definition) is 0. The van der Waals surface area contributed by atoms with Crippen molar-refractivity contribution in [1.29, 1.82) is 0 Å². The summed E-state index contributed by atoms with van der Waals surface area (Å²) >= 11 is 0. The fourth-order valence-electron chi connectivity index (χ4n) is 1.31. The molecular formula is C12H18N2O3. The number of carbonyl (C=O) groups excluding carboxylic acids is 1. The highest BCUT2D eigenvalue weighted by Gasteiger charge is 2.15. The molecule has 1 rings (SSSR count). The molecule has 0 bridgehead atoms. The van der Waals surface area contributed by atoms with Gasteiger partial charge in [0.1, 0.15) is 6.26 Å². The van der Waals surface area contributed by atoms with Gasteiger partial charge in [0.2, 0.25) is 0 Å². The molecule has 0 saturated carbocycles. The van der Waals surface area contributed by atoms with Gasteiger partial charge >= 0.3 is 5.97 Å². The summed E-state index contributed by atoms with van der Waals surface area (Å²) in [5.74, 6) is -0.456. The van der Waals surface area contributed by atoms with Crippen molar-refractivity contribution in [2.24, 2.45) is 0 Å². The summed E-state index contributed by atoms with van der Waals surface area (Å²) in [6.07, 6.45) is 5.09. The quantitative estimate of drug-likeness (QED) is 0.414. The third-order valence-electron chi connectivity index (χ3n) is 2.20. The Hall–Kier alpha value is -1.78. The van der Waals surface area contributed by atoms with E-state index in [1.807, 2.05) is 18.0 Å². The van der Waals surface area contributed by atoms with Gasteiger partial charge in [-0.1, -0.05) is 6.08 Å². The largest absolute Gasteiger partial charge is 0.461 e. The molecule has 0 aliphatic carbocycles. The van der Waals surface area contributed by atoms with E-state index >= 15 is 0 Å². The number of ether oxygens (including phenoxy) is 1. The number of unbranched alkanes of at least 4 members (excludes halogenated alkanes) is 1. The van der Waals surface area contributed by atoms with Crippen LogP contribution in [0.15, 0.2) is 23.3 Å². The van der Waals surface area contributed by atoms with Gasteiger partial charge in [0.25, 0.3) is 6.01 Å². The fraction of sp³-hybridized carbons (Fsp3) is 0.500. The Bertz CT molecular complexity index is 374. The van der Waals surface area contributed by atoms with E-state index in [0.29, 0.717) is 12.6 Å². The van der Waals surface area contributed by atoms with Gasteiger partial charge in [-0.3, -0.25) is 0 Å². The normalized spacial score (nSPS) is 10.0. The van der Waals surface area contributed by atoms with Crippen LogP contribution in [0.3, 0.4) is 0 Å². The minimum Gasteiger partial charge on any atom is -0.461 e. The zero-order valence-corrected chi connectivity index (χ0v) is 10.3. The van der Waals surface area contributed by atoms with Crippen LogP contribution in [-0.2, 0) is 4.74 Å². The van der Waals surface area contributed by atoms with Crippen LogP contribution in [0.2, 0.25) is 0 Å². The first-order chi connectivity index (χ1) is 8.19. The van der Waals surface area contributed by atoms with E-state index in [1.165, 1.54) is 6.26 Å². The Morgan fingerprint density at radius 3 is 3.12 bits per heavy atom. The number of esters is 1. The fourth-order valence-corrected chi connectivity index (χ4v) is 1.31. The Morgan fingerprint density at radius 1 is 1.71 bits per heavy atom. The van der Waals surface area contributed by atoms with Gasteiger partial charge in [0, 0.05) is 13.6 Å². The maximum absolute atomic E-state index is 11.4. The van der Waals surface area contributed by atoms with Crippen molar-refractivity contribution < 1.29 is 13.9 Å². The molecule has 5 heteroatoms. The summed E-state index contributed by atoms with van der Waals surface area (Å²) in [6.45, 7) is 6.54. The van der Waals surface area contributed by atoms with Crippen LogP contribution in [0, 0.1) is 0 Å². The first-order valence-corrected chi connectivity index (χ1v) is 5.63. The number of hydrogen-bond acceptors (Lipinski definition) is 5. The van der Waals surface area contributed by atoms with E-state index in [0.717, 1.165) is 19.4 Å². The van der Waals surface area contributed by atoms with Crippen LogP contribution < -0.4 is 4.90 Å². The number of oxazole rings is 1. The van der Waals surface area contributed by atoms with Crippen LogP contribution in [0.1, 0.15) is 30.3 Å². The third-order valence-corrected chi connectivity index (χ3v) is 2.20. The van der Waals surface area contributed by atoms with Crippen molar-refractivity contribution in [1.82, 2.24) is 4.98 Å². The minimum atomic E-state index is -0.456. The molecule has 5 nitrogen and oxygen atoms in total. The molecule has 0 aliphatic rings. The Labute approximate surface area is 101 Å². The predicted molar refractivity (Wildman–Crippen MR) is 65.2 cm³/mol. The number of carbonyl (C=O) groups is 1. The number of anilines is 1. The van der Waals surface area contributed by atoms with Crippen molar-refractivity contribution in [2.45, 2.75) is 19.8 Å². The molecule has 17 heavy (non-hydrogen) atoms. The highest BCUT2D eigenvalue weighted by molar-refractivity contribution is 5.87. The minimum absolute atomic E-state index is 0.206. The molecule has 0 spiro atoms. The van der Waals surface area contributed by atoms with Crippen LogP contribution in [0.25, 0.3) is 0 Å². The summed E-state index contributed by atoms with van der Waals surface area (Å²) in [5.41, 5.74) is 0.206. The number of rotatable bonds is 7. The van der Waals surface area contributed by atoms with Gasteiger partial charge in [-0.15, -0.1) is 6.58 Å². The summed E-state index contributed by atoms with van der Waals surface area (Å²) < 4.78 is 10.0. The molecule has 0 aliphatic heterocycles. The molecule has 0 amide bonds. The first kappa shape index (κ1) is 13.3. The Kier molecular flexibility index (Phi) is 5.26. The lowest BCUT2D eigenvalue weighted by atomic mass is 10.3. The van der Waals surface area contributed by atoms with Gasteiger partial charge in [0.15, 0.2) is 5.69 Å². The van der Waals surface area contributed by atoms with Crippen LogP contribution >= 0.6 is 0 Å². The lowest BCUT2D eigenvalue weighted by molar-refractivity contribution is 0.0519. The predicted octanol–water partition coefficient (Wildman–Crippen LogP) is 2.25. The molecule has 94 valence electrons. The number of allylic oxidation sites excluding steroid dienone is 1. The lowest BCUT2D eigenvalue weighted by Gasteiger charge is -2.12. The van der Waals surface area contributed by atoms with Crippen molar-refractivity contribution in [2.75, 3.05) is 25.1 Å². The topological polar surface area (TPSA) is 55.6 Å². The molecule has 0 fully saturated rings. The van der Waals surface area contributed by atoms with Crippen LogP contribution in [0.5, 0.6) is 0 Å². The average Bonchev–Trinajstić information content (AvgIpc) is 2.79. The van der Waals surface area contributed by atoms with Gasteiger partial charge < -0.3 is 14.1 Å². The maximum atomic E-state index is 11.4. The van der Waals surface area contributed by atoms with Crippen molar-refractivity contribution in [3.05, 3.63) is 24.6 Å². The van der Waals surface area contributed by atoms with Gasteiger partial charge in [-0.05, 0) is 19.8 Å². The van der Waals surface area contributed by atoms with E-state index in [-0.39, 0.29) is 5.69 Å². The van der Waals surface area contributed by atoms with Crippen LogP contribution in [0.4, 0.5) is 6.01 Å². The molecule has 0 aromatic carbocycles. The molecule has 1 heterocycles. The van der Waals surface area contributed by atoms with Crippen LogP contribution in [-0.4, -0.2) is 31.2 Å². The summed E-state index contributed by atoms with van der Waals surface area (Å²) in [5, 5.41) is 0. The average molecular weight is 238 g/mol. The second-order valence-electron chi connectivity index (χ2n) is 3.59. The van der Waals surface area contributed by atoms with Gasteiger partial charge in [0.05, 0.1) is 6.61 Å². The Morgan fingerprint density at radius 2 is 2.47 bits per heavy atom. The smallest absolute Gasteiger partial charge is 0.360 e. The first-order valence-electron chi connectivity index (χ1n) is 5.63. The van der Waals surface area contributed by atoms with Crippen molar-refractivity contribution >= 4 is 12.0 Å². The molecule has 1 aromatic rings. The number of aromatic nitrogens is 1. The molecule has 0 saturated heterocycles. The summed E-state index contributed by atoms with van der Waals surface area (Å²) in [6, 6.07) is 0.428. The Balaban J connectivity index is 2.54. The summed E-state index contributed by atoms with van der Waals surface area (Å²) in [4.78, 5) is 17.3. The van der Waals surface area contributed by atoms with E-state index in [4.69, 9.17) is 9.15 Å². The molecular weight excluding hydrogens is 220 g/mol. The van der Waals surface area contributed by atoms with E-state index < -0.39 is 5.97 Å². The second-order valence-corrected chi connectivity index (χ2v) is 3.59. The number of nitrogens with zero attached hydrogens (tertiary/aromatic N) is 2. The second kappa shape index (κ2) is 6.73. The van der Waals surface area contributed by atoms with E-state index in [1.54, 1.807) is 6.92 Å². The maximum Gasteiger partial charge on any atom is 0.360 e. The highest BCUT2D eigenvalue weighted by atomic mass is 16.5. The van der Waals surface area contributed by atoms with Gasteiger partial charge in [-0.2, -0.15) is 4.98 Å². The van der Waals surface area contributed by atoms with Crippen molar-refractivity contribution in [3.63, 3.8) is 0 Å². The van der Waals surface area contributed by atoms with Gasteiger partial charge in [-0.25, -0.2) is 4.79 Å². The molecule has 1 aromatic heterocycles. The van der Waals surface area contributed by atoms with E-state index in [2.05, 4.69) is 11.6 Å². The zero-order chi connectivity index (χ0) is 12.7. The zero-order valence-electron chi connectivity index (χ0n) is 10.3. The molecule has 0 radical (unpaired) electrons. The standard InChI is InChI=1S/C12H18N2O3/c1-4-6-7-8-14(3)12-13-10(9-17-12)11(15)16-5-2/h4,9H,1,5-8H2,2-3H3. The lowest BCUT2D eigenvalue weighted by Crippen LogP contribution is -2.18. The van der Waals surface area contributed by atoms with Crippen molar-refractivity contribution in [3.8, 4) is 0 Å².